The Balaban J connectivity index is 2.75. The van der Waals surface area contributed by atoms with Crippen LogP contribution in [0.3, 0.4) is 0 Å². The topological polar surface area (TPSA) is 43.8 Å². The van der Waals surface area contributed by atoms with E-state index < -0.39 is 0 Å². The molecule has 0 aromatic carbocycles. The normalized spacial score (nSPS) is 14.5. The van der Waals surface area contributed by atoms with Crippen molar-refractivity contribution in [3.63, 3.8) is 0 Å². The molecule has 2 N–H and O–H groups in total. The number of nitrogens with two attached hydrogens (primary N) is 1. The van der Waals surface area contributed by atoms with Gasteiger partial charge < -0.3 is 5.73 Å². The van der Waals surface area contributed by atoms with E-state index in [1.54, 1.807) is 0 Å². The Kier molecular flexibility index (Phi) is 2.76. The van der Waals surface area contributed by atoms with E-state index in [9.17, 15) is 0 Å². The first-order valence-corrected chi connectivity index (χ1v) is 4.70. The van der Waals surface area contributed by atoms with E-state index in [0.29, 0.717) is 0 Å². The van der Waals surface area contributed by atoms with Crippen LogP contribution in [0.5, 0.6) is 0 Å². The van der Waals surface area contributed by atoms with Gasteiger partial charge in [-0.05, 0) is 33.8 Å². The highest BCUT2D eigenvalue weighted by atomic mass is 15.3. The van der Waals surface area contributed by atoms with E-state index >= 15 is 0 Å². The summed E-state index contributed by atoms with van der Waals surface area (Å²) in [6.45, 7) is 8.40. The zero-order valence-corrected chi connectivity index (χ0v) is 8.91. The number of hydrogen-bond donors (Lipinski definition) is 1. The van der Waals surface area contributed by atoms with E-state index in [4.69, 9.17) is 5.73 Å². The van der Waals surface area contributed by atoms with Crippen molar-refractivity contribution in [1.82, 2.24) is 9.78 Å². The molecule has 0 saturated heterocycles. The van der Waals surface area contributed by atoms with Gasteiger partial charge in [-0.1, -0.05) is 0 Å². The number of rotatable bonds is 2. The second kappa shape index (κ2) is 3.50. The van der Waals surface area contributed by atoms with Crippen LogP contribution < -0.4 is 5.73 Å². The maximum atomic E-state index is 5.69. The predicted molar refractivity (Wildman–Crippen MR) is 54.6 cm³/mol. The summed E-state index contributed by atoms with van der Waals surface area (Å²) < 4.78 is 1.98. The van der Waals surface area contributed by atoms with E-state index in [2.05, 4.69) is 25.9 Å². The van der Waals surface area contributed by atoms with Gasteiger partial charge in [-0.2, -0.15) is 5.10 Å². The molecule has 1 heterocycles. The molecule has 0 amide bonds. The highest BCUT2D eigenvalue weighted by Gasteiger charge is 2.13. The van der Waals surface area contributed by atoms with Crippen LogP contribution in [0.25, 0.3) is 0 Å². The number of nitrogens with zero attached hydrogens (tertiary/aromatic N) is 2. The van der Waals surface area contributed by atoms with Gasteiger partial charge in [0.05, 0.1) is 11.2 Å². The fraction of sp³-hybridized carbons (Fsp3) is 0.700. The first-order valence-electron chi connectivity index (χ1n) is 4.70. The van der Waals surface area contributed by atoms with Gasteiger partial charge in [0.15, 0.2) is 0 Å². The van der Waals surface area contributed by atoms with Crippen LogP contribution >= 0.6 is 0 Å². The van der Waals surface area contributed by atoms with Gasteiger partial charge in [0.2, 0.25) is 0 Å². The second-order valence-corrected chi connectivity index (χ2v) is 4.60. The van der Waals surface area contributed by atoms with Crippen molar-refractivity contribution in [2.45, 2.75) is 45.7 Å². The van der Waals surface area contributed by atoms with E-state index in [0.717, 1.165) is 12.1 Å². The van der Waals surface area contributed by atoms with Crippen molar-refractivity contribution >= 4 is 0 Å². The van der Waals surface area contributed by atoms with Crippen LogP contribution in [0.15, 0.2) is 12.3 Å². The highest BCUT2D eigenvalue weighted by molar-refractivity contribution is 5.02. The van der Waals surface area contributed by atoms with Crippen LogP contribution in [0.2, 0.25) is 0 Å². The second-order valence-electron chi connectivity index (χ2n) is 4.60. The molecule has 0 saturated carbocycles. The molecule has 0 bridgehead atoms. The summed E-state index contributed by atoms with van der Waals surface area (Å²) in [4.78, 5) is 0. The third-order valence-corrected chi connectivity index (χ3v) is 1.86. The van der Waals surface area contributed by atoms with Crippen LogP contribution in [0.1, 0.15) is 33.4 Å². The Labute approximate surface area is 79.9 Å². The first-order chi connectivity index (χ1) is 5.89. The molecule has 1 aromatic heterocycles. The monoisotopic (exact) mass is 181 g/mol. The SMILES string of the molecule is CC(N)Cc1ccn(C(C)(C)C)n1. The summed E-state index contributed by atoms with van der Waals surface area (Å²) in [6, 6.07) is 2.22. The van der Waals surface area contributed by atoms with E-state index in [1.165, 1.54) is 0 Å². The first kappa shape index (κ1) is 10.3. The van der Waals surface area contributed by atoms with E-state index in [1.807, 2.05) is 23.9 Å². The van der Waals surface area contributed by atoms with Crippen molar-refractivity contribution in [2.75, 3.05) is 0 Å². The Morgan fingerprint density at radius 3 is 2.54 bits per heavy atom. The molecule has 1 aromatic rings. The minimum absolute atomic E-state index is 0.0656. The van der Waals surface area contributed by atoms with Gasteiger partial charge in [0.25, 0.3) is 0 Å². The molecule has 74 valence electrons. The molecule has 0 fully saturated rings. The van der Waals surface area contributed by atoms with Crippen LogP contribution in [-0.2, 0) is 12.0 Å². The van der Waals surface area contributed by atoms with Crippen molar-refractivity contribution in [3.8, 4) is 0 Å². The lowest BCUT2D eigenvalue weighted by Crippen LogP contribution is -2.23. The maximum absolute atomic E-state index is 5.69. The van der Waals surface area contributed by atoms with Crippen molar-refractivity contribution in [3.05, 3.63) is 18.0 Å². The average Bonchev–Trinajstić information content (AvgIpc) is 2.32. The molecule has 13 heavy (non-hydrogen) atoms. The van der Waals surface area contributed by atoms with Crippen LogP contribution in [-0.4, -0.2) is 15.8 Å². The lowest BCUT2D eigenvalue weighted by atomic mass is 10.1. The molecule has 0 spiro atoms. The quantitative estimate of drug-likeness (QED) is 0.752. The molecule has 3 nitrogen and oxygen atoms in total. The maximum Gasteiger partial charge on any atom is 0.0640 e. The lowest BCUT2D eigenvalue weighted by Gasteiger charge is -2.18. The third-order valence-electron chi connectivity index (χ3n) is 1.86. The summed E-state index contributed by atoms with van der Waals surface area (Å²) in [5.74, 6) is 0. The summed E-state index contributed by atoms with van der Waals surface area (Å²) in [7, 11) is 0. The van der Waals surface area contributed by atoms with Gasteiger partial charge in [-0.3, -0.25) is 4.68 Å². The molecule has 3 heteroatoms. The Hall–Kier alpha value is -0.830. The molecule has 0 radical (unpaired) electrons. The number of hydrogen-bond acceptors (Lipinski definition) is 2. The van der Waals surface area contributed by atoms with Crippen molar-refractivity contribution in [1.29, 1.82) is 0 Å². The van der Waals surface area contributed by atoms with E-state index in [-0.39, 0.29) is 11.6 Å². The molecule has 0 aliphatic heterocycles. The van der Waals surface area contributed by atoms with Gasteiger partial charge in [-0.15, -0.1) is 0 Å². The molecule has 0 aliphatic carbocycles. The zero-order chi connectivity index (χ0) is 10.1. The van der Waals surface area contributed by atoms with Gasteiger partial charge >= 0.3 is 0 Å². The lowest BCUT2D eigenvalue weighted by molar-refractivity contribution is 0.352. The van der Waals surface area contributed by atoms with Crippen molar-refractivity contribution in [2.24, 2.45) is 5.73 Å². The molecular weight excluding hydrogens is 162 g/mol. The fourth-order valence-corrected chi connectivity index (χ4v) is 1.17. The summed E-state index contributed by atoms with van der Waals surface area (Å²) in [5, 5.41) is 4.46. The highest BCUT2D eigenvalue weighted by Crippen LogP contribution is 2.12. The standard InChI is InChI=1S/C10H19N3/c1-8(11)7-9-5-6-13(12-9)10(2,3)4/h5-6,8H,7,11H2,1-4H3. The van der Waals surface area contributed by atoms with Crippen molar-refractivity contribution < 1.29 is 0 Å². The zero-order valence-electron chi connectivity index (χ0n) is 8.91. The molecular formula is C10H19N3. The van der Waals surface area contributed by atoms with Gasteiger partial charge in [0.1, 0.15) is 0 Å². The number of aromatic nitrogens is 2. The predicted octanol–water partition coefficient (Wildman–Crippen LogP) is 1.53. The van der Waals surface area contributed by atoms with Gasteiger partial charge in [-0.25, -0.2) is 0 Å². The Morgan fingerprint density at radius 1 is 1.54 bits per heavy atom. The summed E-state index contributed by atoms with van der Waals surface area (Å²) in [6.07, 6.45) is 2.86. The molecule has 1 atom stereocenters. The molecule has 1 unspecified atom stereocenters. The third kappa shape index (κ3) is 2.84. The average molecular weight is 181 g/mol. The van der Waals surface area contributed by atoms with Gasteiger partial charge in [0, 0.05) is 18.7 Å². The largest absolute Gasteiger partial charge is 0.328 e. The Morgan fingerprint density at radius 2 is 2.15 bits per heavy atom. The smallest absolute Gasteiger partial charge is 0.0640 e. The van der Waals surface area contributed by atoms with Crippen LogP contribution in [0.4, 0.5) is 0 Å². The minimum Gasteiger partial charge on any atom is -0.328 e. The summed E-state index contributed by atoms with van der Waals surface area (Å²) in [5.41, 5.74) is 6.83. The van der Waals surface area contributed by atoms with Crippen LogP contribution in [0, 0.1) is 0 Å². The molecule has 1 rings (SSSR count). The fourth-order valence-electron chi connectivity index (χ4n) is 1.17. The summed E-state index contributed by atoms with van der Waals surface area (Å²) >= 11 is 0. The Bertz CT molecular complexity index is 268. The molecule has 0 aliphatic rings. The minimum atomic E-state index is 0.0656.